The van der Waals surface area contributed by atoms with Gasteiger partial charge in [-0.15, -0.1) is 0 Å². The minimum absolute atomic E-state index is 0.0617. The zero-order valence-corrected chi connectivity index (χ0v) is 17.2. The Morgan fingerprint density at radius 1 is 1.44 bits per heavy atom. The number of aliphatic carboxylic acids is 1. The van der Waals surface area contributed by atoms with Crippen molar-refractivity contribution in [2.75, 3.05) is 6.61 Å². The number of carbonyl (C=O) groups is 1. The Balaban J connectivity index is 1.86. The van der Waals surface area contributed by atoms with Gasteiger partial charge in [0, 0.05) is 13.5 Å². The number of aliphatic hydroxyl groups excluding tert-OH is 3. The van der Waals surface area contributed by atoms with Gasteiger partial charge in [-0.1, -0.05) is 0 Å². The first-order valence-corrected chi connectivity index (χ1v) is 9.76. The first kappa shape index (κ1) is 22.3. The van der Waals surface area contributed by atoms with E-state index in [1.54, 1.807) is 14.0 Å². The number of rotatable bonds is 6. The summed E-state index contributed by atoms with van der Waals surface area (Å²) >= 11 is 0. The van der Waals surface area contributed by atoms with Crippen molar-refractivity contribution in [3.63, 3.8) is 0 Å². The number of aryl methyl sites for hydroxylation is 2. The van der Waals surface area contributed by atoms with Gasteiger partial charge in [0.15, 0.2) is 23.6 Å². The van der Waals surface area contributed by atoms with E-state index in [4.69, 9.17) is 15.6 Å². The van der Waals surface area contributed by atoms with Crippen molar-refractivity contribution in [3.05, 3.63) is 28.1 Å². The van der Waals surface area contributed by atoms with Crippen molar-refractivity contribution >= 4 is 22.9 Å². The molecule has 0 amide bonds. The van der Waals surface area contributed by atoms with Crippen LogP contribution in [0, 0.1) is 6.92 Å². The van der Waals surface area contributed by atoms with Crippen LogP contribution >= 0.6 is 0 Å². The van der Waals surface area contributed by atoms with Crippen LogP contribution in [0.2, 0.25) is 0 Å². The normalized spacial score (nSPS) is 25.6. The summed E-state index contributed by atoms with van der Waals surface area (Å²) in [6.45, 7) is 1.00. The van der Waals surface area contributed by atoms with E-state index < -0.39 is 54.9 Å². The Morgan fingerprint density at radius 3 is 2.72 bits per heavy atom. The number of aromatic nitrogens is 5. The number of hydrogen-bond donors (Lipinski definition) is 5. The molecule has 0 radical (unpaired) electrons. The molecule has 0 aliphatic carbocycles. The fourth-order valence-electron chi connectivity index (χ4n) is 4.02. The van der Waals surface area contributed by atoms with E-state index in [9.17, 15) is 29.3 Å². The molecule has 14 heteroatoms. The molecular formula is C18H23FN6O7. The number of nitrogens with zero attached hydrogens (tertiary/aromatic N) is 5. The highest BCUT2D eigenvalue weighted by atomic mass is 19.1. The number of ether oxygens (including phenoxy) is 1. The second kappa shape index (κ2) is 7.90. The second-order valence-corrected chi connectivity index (χ2v) is 7.79. The lowest BCUT2D eigenvalue weighted by Crippen LogP contribution is -2.43. The summed E-state index contributed by atoms with van der Waals surface area (Å²) < 4.78 is 24.0. The SMILES string of the molecule is Cc1nc2n(C)c3c(ncn3[C@@H]3O[C@H](CO)[C@H](O)[C@@H]3F)c(=O)n2c1CC(O)C(N)C(=O)O. The number of nitrogens with two attached hydrogens (primary N) is 1. The van der Waals surface area contributed by atoms with Crippen molar-refractivity contribution in [1.82, 2.24) is 23.5 Å². The van der Waals surface area contributed by atoms with Gasteiger partial charge in [-0.2, -0.15) is 0 Å². The zero-order chi connectivity index (χ0) is 23.5. The first-order valence-electron chi connectivity index (χ1n) is 9.76. The monoisotopic (exact) mass is 454 g/mol. The molecule has 1 aliphatic heterocycles. The molecule has 3 aromatic heterocycles. The molecule has 6 N–H and O–H groups in total. The lowest BCUT2D eigenvalue weighted by atomic mass is 10.1. The zero-order valence-electron chi connectivity index (χ0n) is 17.2. The summed E-state index contributed by atoms with van der Waals surface area (Å²) in [5.74, 6) is -1.25. The van der Waals surface area contributed by atoms with Crippen LogP contribution in [0.1, 0.15) is 17.6 Å². The van der Waals surface area contributed by atoms with Crippen LogP contribution in [0.5, 0.6) is 0 Å². The molecule has 32 heavy (non-hydrogen) atoms. The lowest BCUT2D eigenvalue weighted by molar-refractivity contribution is -0.141. The number of alkyl halides is 1. The van der Waals surface area contributed by atoms with Crippen LogP contribution in [0.4, 0.5) is 4.39 Å². The van der Waals surface area contributed by atoms with Crippen molar-refractivity contribution < 1.29 is 34.3 Å². The molecule has 174 valence electrons. The van der Waals surface area contributed by atoms with Crippen LogP contribution in [0.15, 0.2) is 11.1 Å². The maximum atomic E-state index is 14.7. The number of carboxylic acid groups (broad SMARTS) is 1. The van der Waals surface area contributed by atoms with Crippen molar-refractivity contribution in [1.29, 1.82) is 0 Å². The third kappa shape index (κ3) is 3.18. The van der Waals surface area contributed by atoms with E-state index in [1.165, 1.54) is 19.9 Å². The largest absolute Gasteiger partial charge is 0.480 e. The highest BCUT2D eigenvalue weighted by molar-refractivity contribution is 5.74. The summed E-state index contributed by atoms with van der Waals surface area (Å²) in [4.78, 5) is 32.8. The predicted octanol–water partition coefficient (Wildman–Crippen LogP) is -2.40. The van der Waals surface area contributed by atoms with Crippen molar-refractivity contribution in [3.8, 4) is 0 Å². The molecule has 1 aliphatic rings. The van der Waals surface area contributed by atoms with E-state index in [0.29, 0.717) is 5.69 Å². The number of aliphatic hydroxyl groups is 3. The highest BCUT2D eigenvalue weighted by Crippen LogP contribution is 2.33. The first-order chi connectivity index (χ1) is 15.1. The van der Waals surface area contributed by atoms with Gasteiger partial charge in [-0.05, 0) is 6.92 Å². The number of carboxylic acids is 1. The molecule has 4 heterocycles. The topological polar surface area (TPSA) is 190 Å². The highest BCUT2D eigenvalue weighted by Gasteiger charge is 2.45. The Hall–Kier alpha value is -2.91. The van der Waals surface area contributed by atoms with Crippen LogP contribution in [-0.2, 0) is 23.0 Å². The number of imidazole rings is 2. The number of halogens is 1. The fourth-order valence-corrected chi connectivity index (χ4v) is 4.02. The molecule has 4 rings (SSSR count). The van der Waals surface area contributed by atoms with Crippen molar-refractivity contribution in [2.45, 2.75) is 50.1 Å². The molecular weight excluding hydrogens is 431 g/mol. The van der Waals surface area contributed by atoms with E-state index in [2.05, 4.69) is 9.97 Å². The maximum absolute atomic E-state index is 14.7. The molecule has 3 aromatic rings. The Kier molecular flexibility index (Phi) is 5.50. The Bertz CT molecular complexity index is 1250. The van der Waals surface area contributed by atoms with Gasteiger partial charge in [0.2, 0.25) is 5.78 Å². The minimum Gasteiger partial charge on any atom is -0.480 e. The van der Waals surface area contributed by atoms with Crippen molar-refractivity contribution in [2.24, 2.45) is 12.8 Å². The average Bonchev–Trinajstić information content (AvgIpc) is 3.41. The summed E-state index contributed by atoms with van der Waals surface area (Å²) in [6.07, 6.45) is -6.41. The van der Waals surface area contributed by atoms with Crippen LogP contribution in [0.3, 0.4) is 0 Å². The third-order valence-electron chi connectivity index (χ3n) is 5.80. The molecule has 1 fully saturated rings. The summed E-state index contributed by atoms with van der Waals surface area (Å²) in [7, 11) is 1.56. The molecule has 0 bridgehead atoms. The smallest absolute Gasteiger partial charge is 0.323 e. The van der Waals surface area contributed by atoms with Gasteiger partial charge in [0.05, 0.1) is 30.4 Å². The van der Waals surface area contributed by atoms with E-state index in [0.717, 1.165) is 0 Å². The summed E-state index contributed by atoms with van der Waals surface area (Å²) in [6, 6.07) is -1.56. The molecule has 13 nitrogen and oxygen atoms in total. The van der Waals surface area contributed by atoms with Crippen LogP contribution in [0.25, 0.3) is 16.9 Å². The molecule has 0 spiro atoms. The molecule has 1 saturated heterocycles. The average molecular weight is 454 g/mol. The number of fused-ring (bicyclic) bond motifs is 2. The van der Waals surface area contributed by atoms with Gasteiger partial charge in [0.1, 0.15) is 18.2 Å². The van der Waals surface area contributed by atoms with Gasteiger partial charge < -0.3 is 30.9 Å². The van der Waals surface area contributed by atoms with Crippen LogP contribution in [-0.4, -0.2) is 87.0 Å². The second-order valence-electron chi connectivity index (χ2n) is 7.79. The standard InChI is InChI=1S/C18H23FN6O7/c1-6-7(3-8(27)11(20)17(30)31)25-15(29)12-14(23(2)18(25)22-6)24(5-21-12)16-10(19)13(28)9(4-26)32-16/h5,8-11,13,16,26-28H,3-4,20H2,1-2H3,(H,30,31)/t8?,9-,10+,11?,13+,16-/m1/s1. The van der Waals surface area contributed by atoms with E-state index in [1.807, 2.05) is 0 Å². The quantitative estimate of drug-likeness (QED) is 0.268. The summed E-state index contributed by atoms with van der Waals surface area (Å²) in [5, 5.41) is 38.5. The molecule has 6 atom stereocenters. The van der Waals surface area contributed by atoms with Gasteiger partial charge in [-0.25, -0.2) is 18.8 Å². The Morgan fingerprint density at radius 2 is 2.12 bits per heavy atom. The van der Waals surface area contributed by atoms with Gasteiger partial charge >= 0.3 is 5.97 Å². The minimum atomic E-state index is -1.87. The number of hydrogen-bond acceptors (Lipinski definition) is 9. The Labute approximate surface area is 179 Å². The molecule has 2 unspecified atom stereocenters. The van der Waals surface area contributed by atoms with Gasteiger partial charge in [-0.3, -0.25) is 18.7 Å². The fraction of sp³-hybridized carbons (Fsp3) is 0.556. The molecule has 0 saturated carbocycles. The summed E-state index contributed by atoms with van der Waals surface area (Å²) in [5.41, 5.74) is 5.60. The predicted molar refractivity (Wildman–Crippen MR) is 106 cm³/mol. The van der Waals surface area contributed by atoms with E-state index >= 15 is 0 Å². The third-order valence-corrected chi connectivity index (χ3v) is 5.80. The van der Waals surface area contributed by atoms with Crippen LogP contribution < -0.4 is 11.3 Å². The maximum Gasteiger partial charge on any atom is 0.323 e. The lowest BCUT2D eigenvalue weighted by Gasteiger charge is -2.17. The van der Waals surface area contributed by atoms with Gasteiger partial charge in [0.25, 0.3) is 5.56 Å². The molecule has 0 aromatic carbocycles. The van der Waals surface area contributed by atoms with E-state index in [-0.39, 0.29) is 29.1 Å².